The minimum absolute atomic E-state index is 0.688. The molecule has 0 saturated heterocycles. The molecule has 206 valence electrons. The summed E-state index contributed by atoms with van der Waals surface area (Å²) in [6.07, 6.45) is 0. The van der Waals surface area contributed by atoms with Crippen molar-refractivity contribution in [3.8, 4) is 33.8 Å². The van der Waals surface area contributed by atoms with E-state index in [9.17, 15) is 0 Å². The number of rotatable bonds is 16. The molecule has 0 bridgehead atoms. The van der Waals surface area contributed by atoms with Crippen molar-refractivity contribution in [1.82, 2.24) is 0 Å². The molecular formula is C34H50N2O2+2. The van der Waals surface area contributed by atoms with Crippen LogP contribution in [0.2, 0.25) is 0 Å². The molecule has 0 amide bonds. The summed E-state index contributed by atoms with van der Waals surface area (Å²) in [7, 11) is 0. The second-order valence-corrected chi connectivity index (χ2v) is 10.3. The largest absolute Gasteiger partial charge is 0.487 e. The van der Waals surface area contributed by atoms with Gasteiger partial charge in [-0.3, -0.25) is 0 Å². The van der Waals surface area contributed by atoms with E-state index >= 15 is 0 Å². The highest BCUT2D eigenvalue weighted by Gasteiger charge is 2.23. The Labute approximate surface area is 232 Å². The number of benzene rings is 3. The van der Waals surface area contributed by atoms with Crippen molar-refractivity contribution in [2.24, 2.45) is 0 Å². The molecule has 0 radical (unpaired) electrons. The van der Waals surface area contributed by atoms with Crippen molar-refractivity contribution in [2.75, 3.05) is 65.6 Å². The van der Waals surface area contributed by atoms with Crippen LogP contribution in [0.25, 0.3) is 22.3 Å². The Morgan fingerprint density at radius 3 is 1.08 bits per heavy atom. The van der Waals surface area contributed by atoms with E-state index in [1.807, 2.05) is 0 Å². The number of ether oxygens (including phenoxy) is 2. The first-order valence-electron chi connectivity index (χ1n) is 14.7. The second-order valence-electron chi connectivity index (χ2n) is 10.3. The van der Waals surface area contributed by atoms with E-state index in [-0.39, 0.29) is 0 Å². The van der Waals surface area contributed by atoms with Gasteiger partial charge in [0.2, 0.25) is 0 Å². The highest BCUT2D eigenvalue weighted by atomic mass is 16.5. The van der Waals surface area contributed by atoms with E-state index in [4.69, 9.17) is 9.47 Å². The van der Waals surface area contributed by atoms with Crippen molar-refractivity contribution in [1.29, 1.82) is 0 Å². The number of nitrogens with zero attached hydrogens (tertiary/aromatic N) is 2. The second kappa shape index (κ2) is 14.4. The maximum Gasteiger partial charge on any atom is 0.137 e. The SMILES string of the molecule is CC[N+](CC)(CC)CCOc1cc(-c2ccccc2)c(OCC[N+](CC)(CC)CC)cc1-c1ccccc1. The Bertz CT molecular complexity index is 984. The normalized spacial score (nSPS) is 11.9. The van der Waals surface area contributed by atoms with E-state index in [0.29, 0.717) is 13.2 Å². The summed E-state index contributed by atoms with van der Waals surface area (Å²) in [5.41, 5.74) is 4.47. The van der Waals surface area contributed by atoms with Crippen LogP contribution < -0.4 is 9.47 Å². The Hall–Kier alpha value is -2.82. The maximum absolute atomic E-state index is 6.61. The quantitative estimate of drug-likeness (QED) is 0.182. The molecule has 38 heavy (non-hydrogen) atoms. The van der Waals surface area contributed by atoms with Crippen molar-refractivity contribution >= 4 is 0 Å². The molecule has 0 N–H and O–H groups in total. The van der Waals surface area contributed by atoms with E-state index in [1.54, 1.807) is 0 Å². The van der Waals surface area contributed by atoms with Crippen LogP contribution in [-0.4, -0.2) is 74.5 Å². The third-order valence-corrected chi connectivity index (χ3v) is 8.92. The Kier molecular flexibility index (Phi) is 11.2. The van der Waals surface area contributed by atoms with Crippen molar-refractivity contribution in [2.45, 2.75) is 41.5 Å². The Morgan fingerprint density at radius 1 is 0.474 bits per heavy atom. The fraction of sp³-hybridized carbons (Fsp3) is 0.471. The first-order chi connectivity index (χ1) is 18.5. The maximum atomic E-state index is 6.61. The van der Waals surface area contributed by atoms with Crippen LogP contribution in [0.15, 0.2) is 72.8 Å². The van der Waals surface area contributed by atoms with Crippen LogP contribution in [-0.2, 0) is 0 Å². The van der Waals surface area contributed by atoms with Gasteiger partial charge in [-0.05, 0) is 64.8 Å². The van der Waals surface area contributed by atoms with Crippen molar-refractivity contribution < 1.29 is 18.4 Å². The van der Waals surface area contributed by atoms with Crippen molar-refractivity contribution in [3.05, 3.63) is 72.8 Å². The smallest absolute Gasteiger partial charge is 0.137 e. The van der Waals surface area contributed by atoms with Gasteiger partial charge in [-0.25, -0.2) is 0 Å². The molecule has 4 heteroatoms. The first kappa shape index (κ1) is 29.7. The lowest BCUT2D eigenvalue weighted by atomic mass is 9.98. The molecule has 0 atom stereocenters. The third kappa shape index (κ3) is 7.18. The van der Waals surface area contributed by atoms with Gasteiger partial charge in [-0.2, -0.15) is 0 Å². The molecule has 3 rings (SSSR count). The number of quaternary nitrogens is 2. The number of hydrogen-bond donors (Lipinski definition) is 0. The minimum atomic E-state index is 0.688. The molecule has 0 aromatic heterocycles. The summed E-state index contributed by atoms with van der Waals surface area (Å²) < 4.78 is 15.4. The van der Waals surface area contributed by atoms with Gasteiger partial charge < -0.3 is 18.4 Å². The molecular weight excluding hydrogens is 468 g/mol. The summed E-state index contributed by atoms with van der Waals surface area (Å²) in [6, 6.07) is 25.5. The van der Waals surface area contributed by atoms with Gasteiger partial charge in [-0.1, -0.05) is 60.7 Å². The fourth-order valence-electron chi connectivity index (χ4n) is 5.47. The molecule has 0 fully saturated rings. The van der Waals surface area contributed by atoms with Crippen LogP contribution in [0.5, 0.6) is 11.5 Å². The average molecular weight is 519 g/mol. The third-order valence-electron chi connectivity index (χ3n) is 8.92. The summed E-state index contributed by atoms with van der Waals surface area (Å²) in [4.78, 5) is 0. The fourth-order valence-corrected chi connectivity index (χ4v) is 5.47. The number of hydrogen-bond acceptors (Lipinski definition) is 2. The van der Waals surface area contributed by atoms with Crippen LogP contribution in [0, 0.1) is 0 Å². The van der Waals surface area contributed by atoms with Crippen LogP contribution in [0.3, 0.4) is 0 Å². The zero-order chi connectivity index (χ0) is 27.4. The summed E-state index contributed by atoms with van der Waals surface area (Å²) >= 11 is 0. The minimum Gasteiger partial charge on any atom is -0.487 e. The Balaban J connectivity index is 2.00. The van der Waals surface area contributed by atoms with Gasteiger partial charge in [-0.15, -0.1) is 0 Å². The topological polar surface area (TPSA) is 18.5 Å². The van der Waals surface area contributed by atoms with Crippen LogP contribution in [0.1, 0.15) is 41.5 Å². The van der Waals surface area contributed by atoms with Crippen LogP contribution in [0.4, 0.5) is 0 Å². The molecule has 3 aromatic carbocycles. The van der Waals surface area contributed by atoms with E-state index in [2.05, 4.69) is 114 Å². The monoisotopic (exact) mass is 518 g/mol. The first-order valence-corrected chi connectivity index (χ1v) is 14.7. The lowest BCUT2D eigenvalue weighted by Gasteiger charge is -2.36. The summed E-state index contributed by atoms with van der Waals surface area (Å²) in [6.45, 7) is 23.8. The van der Waals surface area contributed by atoms with E-state index in [1.165, 1.54) is 0 Å². The van der Waals surface area contributed by atoms with Gasteiger partial charge in [0.1, 0.15) is 37.8 Å². The lowest BCUT2D eigenvalue weighted by Crippen LogP contribution is -2.49. The molecule has 0 unspecified atom stereocenters. The predicted molar refractivity (Wildman–Crippen MR) is 162 cm³/mol. The highest BCUT2D eigenvalue weighted by Crippen LogP contribution is 2.41. The van der Waals surface area contributed by atoms with Gasteiger partial charge in [0.05, 0.1) is 39.3 Å². The summed E-state index contributed by atoms with van der Waals surface area (Å²) in [5, 5.41) is 0. The molecule has 0 saturated carbocycles. The molecule has 0 aliphatic rings. The standard InChI is InChI=1S/C34H50N2O2/c1-7-35(8-2,9-3)23-25-37-33-27-32(30-21-17-14-18-22-30)34(28-31(33)29-19-15-13-16-20-29)38-26-24-36(10-4,11-5)12-6/h13-22,27-28H,7-12,23-26H2,1-6H3/q+2. The lowest BCUT2D eigenvalue weighted by molar-refractivity contribution is -0.923. The molecule has 0 aliphatic heterocycles. The molecule has 0 aliphatic carbocycles. The Morgan fingerprint density at radius 2 is 0.789 bits per heavy atom. The van der Waals surface area contributed by atoms with Gasteiger partial charge in [0.15, 0.2) is 0 Å². The predicted octanol–water partition coefficient (Wildman–Crippen LogP) is 7.53. The van der Waals surface area contributed by atoms with Gasteiger partial charge in [0.25, 0.3) is 0 Å². The molecule has 3 aromatic rings. The van der Waals surface area contributed by atoms with Crippen LogP contribution >= 0.6 is 0 Å². The number of likely N-dealkylation sites (N-methyl/N-ethyl adjacent to an activating group) is 2. The van der Waals surface area contributed by atoms with E-state index < -0.39 is 0 Å². The highest BCUT2D eigenvalue weighted by molar-refractivity contribution is 5.81. The molecule has 0 heterocycles. The average Bonchev–Trinajstić information content (AvgIpc) is 2.99. The van der Waals surface area contributed by atoms with Crippen molar-refractivity contribution in [3.63, 3.8) is 0 Å². The van der Waals surface area contributed by atoms with E-state index in [0.717, 1.165) is 95.1 Å². The zero-order valence-electron chi connectivity index (χ0n) is 24.7. The zero-order valence-corrected chi connectivity index (χ0v) is 24.7. The molecule has 0 spiro atoms. The van der Waals surface area contributed by atoms with Gasteiger partial charge >= 0.3 is 0 Å². The van der Waals surface area contributed by atoms with Gasteiger partial charge in [0, 0.05) is 11.1 Å². The molecule has 4 nitrogen and oxygen atoms in total. The summed E-state index contributed by atoms with van der Waals surface area (Å²) in [5.74, 6) is 1.84.